The molecule has 0 saturated carbocycles. The predicted octanol–water partition coefficient (Wildman–Crippen LogP) is 8.37. The van der Waals surface area contributed by atoms with E-state index in [1.54, 1.807) is 0 Å². The molecule has 0 amide bonds. The van der Waals surface area contributed by atoms with E-state index in [1.807, 2.05) is 6.07 Å². The molecule has 0 aliphatic carbocycles. The molecule has 1 aromatic rings. The fourth-order valence-corrected chi connectivity index (χ4v) is 5.16. The summed E-state index contributed by atoms with van der Waals surface area (Å²) in [5.41, 5.74) is 4.65. The quantitative estimate of drug-likeness (QED) is 0.130. The van der Waals surface area contributed by atoms with Crippen LogP contribution in [0.3, 0.4) is 0 Å². The minimum Gasteiger partial charge on any atom is -0.393 e. The first-order chi connectivity index (χ1) is 17.8. The van der Waals surface area contributed by atoms with Crippen molar-refractivity contribution in [1.82, 2.24) is 0 Å². The van der Waals surface area contributed by atoms with Crippen LogP contribution in [0.15, 0.2) is 54.1 Å². The monoisotopic (exact) mass is 510 g/mol. The molecule has 0 bridgehead atoms. The van der Waals surface area contributed by atoms with E-state index in [4.69, 9.17) is 9.47 Å². The van der Waals surface area contributed by atoms with E-state index in [1.165, 1.54) is 24.8 Å². The number of aliphatic hydroxyl groups excluding tert-OH is 1. The average Bonchev–Trinajstić information content (AvgIpc) is 2.87. The van der Waals surface area contributed by atoms with E-state index in [0.29, 0.717) is 25.9 Å². The molecule has 37 heavy (non-hydrogen) atoms. The Balaban J connectivity index is 1.79. The second-order valence-electron chi connectivity index (χ2n) is 11.1. The van der Waals surface area contributed by atoms with Crippen molar-refractivity contribution in [2.45, 2.75) is 110 Å². The minimum absolute atomic E-state index is 0.0452. The molecule has 2 rings (SSSR count). The zero-order valence-electron chi connectivity index (χ0n) is 23.7. The Morgan fingerprint density at radius 1 is 1.22 bits per heavy atom. The van der Waals surface area contributed by atoms with Crippen molar-refractivity contribution < 1.29 is 19.4 Å². The number of aldehydes is 1. The third-order valence-electron chi connectivity index (χ3n) is 7.22. The largest absolute Gasteiger partial charge is 0.393 e. The molecule has 0 radical (unpaired) electrons. The first-order valence-corrected chi connectivity index (χ1v) is 14.2. The average molecular weight is 511 g/mol. The summed E-state index contributed by atoms with van der Waals surface area (Å²) >= 11 is 0. The smallest absolute Gasteiger partial charge is 0.184 e. The molecule has 1 aliphatic heterocycles. The summed E-state index contributed by atoms with van der Waals surface area (Å²) in [7, 11) is 0. The normalized spacial score (nSPS) is 21.1. The lowest BCUT2D eigenvalue weighted by atomic mass is 9.89. The van der Waals surface area contributed by atoms with Crippen molar-refractivity contribution in [2.24, 2.45) is 11.8 Å². The molecule has 1 N–H and O–H groups in total. The van der Waals surface area contributed by atoms with Crippen LogP contribution >= 0.6 is 0 Å². The molecular weight excluding hydrogens is 460 g/mol. The molecule has 1 aromatic carbocycles. The van der Waals surface area contributed by atoms with E-state index in [9.17, 15) is 9.90 Å². The van der Waals surface area contributed by atoms with Crippen molar-refractivity contribution in [3.63, 3.8) is 0 Å². The number of unbranched alkanes of at least 4 members (excludes halogenated alkanes) is 1. The third kappa shape index (κ3) is 12.9. The molecule has 4 heteroatoms. The van der Waals surface area contributed by atoms with Crippen LogP contribution in [0.5, 0.6) is 0 Å². The number of carbonyl (C=O) groups excluding carboxylic acids is 1. The SMILES string of the molecule is C=C(CCCC=O)CC(O)CC1CCOC(c2cccc(/C=C/CC[C@H](C)CC(C)C/C(C)=C/C)c2)O1. The summed E-state index contributed by atoms with van der Waals surface area (Å²) < 4.78 is 12.1. The molecule has 1 fully saturated rings. The zero-order chi connectivity index (χ0) is 27.0. The highest BCUT2D eigenvalue weighted by Gasteiger charge is 2.26. The number of hydrogen-bond acceptors (Lipinski definition) is 4. The van der Waals surface area contributed by atoms with E-state index < -0.39 is 12.4 Å². The summed E-state index contributed by atoms with van der Waals surface area (Å²) in [6.45, 7) is 13.7. The lowest BCUT2D eigenvalue weighted by Gasteiger charge is -2.32. The van der Waals surface area contributed by atoms with E-state index in [2.05, 4.69) is 70.7 Å². The fraction of sp³-hybridized carbons (Fsp3) is 0.606. The highest BCUT2D eigenvalue weighted by molar-refractivity contribution is 5.50. The number of carbonyl (C=O) groups is 1. The van der Waals surface area contributed by atoms with Gasteiger partial charge in [0, 0.05) is 18.4 Å². The van der Waals surface area contributed by atoms with E-state index >= 15 is 0 Å². The number of allylic oxidation sites excluding steroid dienone is 3. The Labute approximate surface area is 225 Å². The van der Waals surface area contributed by atoms with Crippen molar-refractivity contribution in [3.05, 3.63) is 65.3 Å². The number of rotatable bonds is 17. The molecule has 4 nitrogen and oxygen atoms in total. The van der Waals surface area contributed by atoms with Crippen molar-refractivity contribution in [1.29, 1.82) is 0 Å². The second-order valence-corrected chi connectivity index (χ2v) is 11.1. The molecule has 4 unspecified atom stereocenters. The summed E-state index contributed by atoms with van der Waals surface area (Å²) in [6.07, 6.45) is 15.5. The number of benzene rings is 1. The van der Waals surface area contributed by atoms with Crippen molar-refractivity contribution in [3.8, 4) is 0 Å². The fourth-order valence-electron chi connectivity index (χ4n) is 5.16. The van der Waals surface area contributed by atoms with Gasteiger partial charge < -0.3 is 19.4 Å². The third-order valence-corrected chi connectivity index (χ3v) is 7.22. The van der Waals surface area contributed by atoms with Gasteiger partial charge in [-0.15, -0.1) is 0 Å². The summed E-state index contributed by atoms with van der Waals surface area (Å²) in [5, 5.41) is 10.5. The predicted molar refractivity (Wildman–Crippen MR) is 154 cm³/mol. The molecular formula is C33H50O4. The number of aliphatic hydroxyl groups is 1. The standard InChI is InChI=1S/C33H50O4/c1-6-25(2)20-28(5)21-26(3)12-7-8-14-29-15-11-16-30(23-29)33-36-19-17-32(37-33)24-31(35)22-27(4)13-9-10-18-34/h6,8,11,14-16,18,23,26,28,31-33,35H,4,7,9-10,12-13,17,19-22,24H2,1-3,5H3/b14-8+,25-6+/t26-,28?,31?,32?,33?/m0/s1. The molecule has 0 spiro atoms. The first-order valence-electron chi connectivity index (χ1n) is 14.2. The van der Waals surface area contributed by atoms with Gasteiger partial charge in [0.1, 0.15) is 6.29 Å². The molecule has 1 aliphatic rings. The Hall–Kier alpha value is -2.01. The van der Waals surface area contributed by atoms with Crippen LogP contribution in [-0.2, 0) is 14.3 Å². The Morgan fingerprint density at radius 3 is 2.78 bits per heavy atom. The maximum Gasteiger partial charge on any atom is 0.184 e. The van der Waals surface area contributed by atoms with Gasteiger partial charge in [-0.05, 0) is 88.7 Å². The van der Waals surface area contributed by atoms with Crippen LogP contribution in [-0.4, -0.2) is 30.2 Å². The summed E-state index contributed by atoms with van der Waals surface area (Å²) in [6, 6.07) is 8.36. The van der Waals surface area contributed by atoms with Crippen LogP contribution in [0.25, 0.3) is 6.08 Å². The van der Waals surface area contributed by atoms with Crippen molar-refractivity contribution >= 4 is 12.4 Å². The van der Waals surface area contributed by atoms with Gasteiger partial charge in [-0.3, -0.25) is 0 Å². The van der Waals surface area contributed by atoms with Gasteiger partial charge in [0.05, 0.1) is 18.8 Å². The van der Waals surface area contributed by atoms with Crippen molar-refractivity contribution in [2.75, 3.05) is 6.61 Å². The highest BCUT2D eigenvalue weighted by Crippen LogP contribution is 2.30. The molecule has 5 atom stereocenters. The van der Waals surface area contributed by atoms with Crippen LogP contribution in [0, 0.1) is 11.8 Å². The van der Waals surface area contributed by atoms with Gasteiger partial charge in [-0.1, -0.05) is 68.0 Å². The maximum atomic E-state index is 10.5. The Morgan fingerprint density at radius 2 is 2.03 bits per heavy atom. The first kappa shape index (κ1) is 31.2. The zero-order valence-corrected chi connectivity index (χ0v) is 23.7. The van der Waals surface area contributed by atoms with E-state index in [0.717, 1.165) is 60.5 Å². The number of ether oxygens (including phenoxy) is 2. The minimum atomic E-state index is -0.487. The van der Waals surface area contributed by atoms with Gasteiger partial charge in [0.25, 0.3) is 0 Å². The summed E-state index contributed by atoms with van der Waals surface area (Å²) in [4.78, 5) is 10.5. The number of hydrogen-bond donors (Lipinski definition) is 1. The molecule has 1 saturated heterocycles. The van der Waals surface area contributed by atoms with Gasteiger partial charge in [0.15, 0.2) is 6.29 Å². The lowest BCUT2D eigenvalue weighted by molar-refractivity contribution is -0.222. The van der Waals surface area contributed by atoms with Crippen LogP contribution < -0.4 is 0 Å². The van der Waals surface area contributed by atoms with Crippen LogP contribution in [0.1, 0.15) is 109 Å². The molecule has 1 heterocycles. The lowest BCUT2D eigenvalue weighted by Crippen LogP contribution is -2.30. The topological polar surface area (TPSA) is 55.8 Å². The van der Waals surface area contributed by atoms with Crippen LogP contribution in [0.2, 0.25) is 0 Å². The van der Waals surface area contributed by atoms with Gasteiger partial charge in [-0.25, -0.2) is 0 Å². The Bertz CT molecular complexity index is 871. The van der Waals surface area contributed by atoms with E-state index in [-0.39, 0.29) is 6.10 Å². The second kappa shape index (κ2) is 17.5. The van der Waals surface area contributed by atoms with Gasteiger partial charge in [-0.2, -0.15) is 0 Å². The molecule has 206 valence electrons. The van der Waals surface area contributed by atoms with Gasteiger partial charge >= 0.3 is 0 Å². The Kier molecular flexibility index (Phi) is 14.8. The highest BCUT2D eigenvalue weighted by atomic mass is 16.7. The molecule has 0 aromatic heterocycles. The van der Waals surface area contributed by atoms with Gasteiger partial charge in [0.2, 0.25) is 0 Å². The summed E-state index contributed by atoms with van der Waals surface area (Å²) in [5.74, 6) is 1.46. The maximum absolute atomic E-state index is 10.5. The van der Waals surface area contributed by atoms with Crippen LogP contribution in [0.4, 0.5) is 0 Å².